The van der Waals surface area contributed by atoms with Crippen LogP contribution >= 0.6 is 0 Å². The van der Waals surface area contributed by atoms with Crippen LogP contribution in [0.4, 0.5) is 4.79 Å². The zero-order valence-corrected chi connectivity index (χ0v) is 20.2. The van der Waals surface area contributed by atoms with Gasteiger partial charge in [-0.2, -0.15) is 0 Å². The first-order valence-corrected chi connectivity index (χ1v) is 12.5. The second-order valence-electron chi connectivity index (χ2n) is 9.77. The number of aliphatic carboxylic acids is 1. The Morgan fingerprint density at radius 3 is 2.23 bits per heavy atom. The molecule has 0 radical (unpaired) electrons. The minimum absolute atomic E-state index is 0.00602. The van der Waals surface area contributed by atoms with E-state index in [1.165, 1.54) is 11.1 Å². The lowest BCUT2D eigenvalue weighted by atomic mass is 9.73. The highest BCUT2D eigenvalue weighted by molar-refractivity contribution is 5.79. The first-order valence-electron chi connectivity index (χ1n) is 12.5. The molecule has 3 N–H and O–H groups in total. The Labute approximate surface area is 206 Å². The third-order valence-corrected chi connectivity index (χ3v) is 7.12. The highest BCUT2D eigenvalue weighted by atomic mass is 16.5. The molecule has 0 aromatic heterocycles. The zero-order valence-electron chi connectivity index (χ0n) is 20.2. The zero-order chi connectivity index (χ0) is 24.8. The highest BCUT2D eigenvalue weighted by Crippen LogP contribution is 2.44. The predicted molar refractivity (Wildman–Crippen MR) is 133 cm³/mol. The van der Waals surface area contributed by atoms with Crippen LogP contribution in [0.3, 0.4) is 0 Å². The summed E-state index contributed by atoms with van der Waals surface area (Å²) in [6, 6.07) is 16.1. The van der Waals surface area contributed by atoms with Gasteiger partial charge in [-0.1, -0.05) is 61.9 Å². The third kappa shape index (κ3) is 6.21. The second kappa shape index (κ2) is 11.4. The molecule has 0 spiro atoms. The van der Waals surface area contributed by atoms with Crippen molar-refractivity contribution in [3.05, 3.63) is 59.7 Å². The van der Waals surface area contributed by atoms with Crippen LogP contribution in [-0.2, 0) is 14.3 Å². The molecule has 1 atom stereocenters. The fourth-order valence-corrected chi connectivity index (χ4v) is 5.39. The van der Waals surface area contributed by atoms with Gasteiger partial charge in [0.1, 0.15) is 6.61 Å². The molecule has 1 fully saturated rings. The van der Waals surface area contributed by atoms with Gasteiger partial charge in [-0.15, -0.1) is 0 Å². The van der Waals surface area contributed by atoms with Crippen molar-refractivity contribution in [1.29, 1.82) is 0 Å². The summed E-state index contributed by atoms with van der Waals surface area (Å²) in [5.41, 5.74) is 4.68. The molecular formula is C28H34N2O5. The van der Waals surface area contributed by atoms with E-state index in [4.69, 9.17) is 9.84 Å². The summed E-state index contributed by atoms with van der Waals surface area (Å²) in [5, 5.41) is 14.7. The SMILES string of the molecule is CCC[C@H](CC(=O)NCC1CC(CC(=O)O)C1)NC(=O)OCC1c2ccccc2-c2ccccc21. The number of alkyl carbamates (subject to hydrolysis) is 1. The number of fused-ring (bicyclic) bond motifs is 3. The van der Waals surface area contributed by atoms with Crippen molar-refractivity contribution in [2.45, 2.75) is 57.4 Å². The molecule has 2 aliphatic rings. The van der Waals surface area contributed by atoms with Crippen molar-refractivity contribution >= 4 is 18.0 Å². The van der Waals surface area contributed by atoms with Gasteiger partial charge in [0, 0.05) is 31.3 Å². The van der Waals surface area contributed by atoms with E-state index in [1.807, 2.05) is 31.2 Å². The predicted octanol–water partition coefficient (Wildman–Crippen LogP) is 4.70. The molecule has 2 aromatic carbocycles. The summed E-state index contributed by atoms with van der Waals surface area (Å²) < 4.78 is 5.64. The van der Waals surface area contributed by atoms with E-state index in [2.05, 4.69) is 34.9 Å². The molecular weight excluding hydrogens is 444 g/mol. The lowest BCUT2D eigenvalue weighted by Gasteiger charge is -2.34. The van der Waals surface area contributed by atoms with Gasteiger partial charge in [-0.3, -0.25) is 9.59 Å². The summed E-state index contributed by atoms with van der Waals surface area (Å²) in [4.78, 5) is 35.8. The van der Waals surface area contributed by atoms with Crippen molar-refractivity contribution in [2.75, 3.05) is 13.2 Å². The Morgan fingerprint density at radius 1 is 1.00 bits per heavy atom. The van der Waals surface area contributed by atoms with E-state index < -0.39 is 12.1 Å². The topological polar surface area (TPSA) is 105 Å². The number of benzene rings is 2. The molecule has 35 heavy (non-hydrogen) atoms. The number of hydrogen-bond donors (Lipinski definition) is 3. The van der Waals surface area contributed by atoms with Gasteiger partial charge in [-0.25, -0.2) is 4.79 Å². The van der Waals surface area contributed by atoms with Crippen LogP contribution in [0.1, 0.15) is 62.5 Å². The minimum Gasteiger partial charge on any atom is -0.481 e. The van der Waals surface area contributed by atoms with Crippen LogP contribution < -0.4 is 10.6 Å². The van der Waals surface area contributed by atoms with E-state index in [-0.39, 0.29) is 43.2 Å². The smallest absolute Gasteiger partial charge is 0.407 e. The molecule has 0 unspecified atom stereocenters. The van der Waals surface area contributed by atoms with E-state index in [0.29, 0.717) is 18.9 Å². The molecule has 1 saturated carbocycles. The summed E-state index contributed by atoms with van der Waals surface area (Å²) >= 11 is 0. The average molecular weight is 479 g/mol. The van der Waals surface area contributed by atoms with Gasteiger partial charge in [0.05, 0.1) is 0 Å². The summed E-state index contributed by atoms with van der Waals surface area (Å²) in [5.74, 6) is -0.322. The Bertz CT molecular complexity index is 1020. The number of amides is 2. The van der Waals surface area contributed by atoms with Gasteiger partial charge in [0.2, 0.25) is 5.91 Å². The van der Waals surface area contributed by atoms with Gasteiger partial charge in [0.15, 0.2) is 0 Å². The van der Waals surface area contributed by atoms with Crippen LogP contribution in [0.5, 0.6) is 0 Å². The number of hydrogen-bond acceptors (Lipinski definition) is 4. The molecule has 0 saturated heterocycles. The van der Waals surface area contributed by atoms with Crippen molar-refractivity contribution < 1.29 is 24.2 Å². The molecule has 0 bridgehead atoms. The summed E-state index contributed by atoms with van der Waals surface area (Å²) in [6.07, 6.45) is 3.08. The Kier molecular flexibility index (Phi) is 8.06. The fourth-order valence-electron chi connectivity index (χ4n) is 5.39. The van der Waals surface area contributed by atoms with Crippen LogP contribution in [0.15, 0.2) is 48.5 Å². The van der Waals surface area contributed by atoms with Gasteiger partial charge in [-0.05, 0) is 53.4 Å². The normalized spacial score (nSPS) is 19.1. The maximum atomic E-state index is 12.6. The number of ether oxygens (including phenoxy) is 1. The molecule has 7 heteroatoms. The number of carbonyl (C=O) groups excluding carboxylic acids is 2. The average Bonchev–Trinajstić information content (AvgIpc) is 3.13. The Balaban J connectivity index is 1.24. The van der Waals surface area contributed by atoms with Crippen LogP contribution in [0.2, 0.25) is 0 Å². The number of carboxylic acid groups (broad SMARTS) is 1. The lowest BCUT2D eigenvalue weighted by molar-refractivity contribution is -0.139. The molecule has 2 aromatic rings. The molecule has 4 rings (SSSR count). The number of carbonyl (C=O) groups is 3. The monoisotopic (exact) mass is 478 g/mol. The molecule has 2 amide bonds. The number of nitrogens with one attached hydrogen (secondary N) is 2. The molecule has 7 nitrogen and oxygen atoms in total. The molecule has 186 valence electrons. The van der Waals surface area contributed by atoms with Crippen molar-refractivity contribution in [3.63, 3.8) is 0 Å². The summed E-state index contributed by atoms with van der Waals surface area (Å²) in [7, 11) is 0. The number of carboxylic acids is 1. The first kappa shape index (κ1) is 24.8. The van der Waals surface area contributed by atoms with Crippen molar-refractivity contribution in [1.82, 2.24) is 10.6 Å². The van der Waals surface area contributed by atoms with E-state index in [1.54, 1.807) is 0 Å². The number of rotatable bonds is 11. The molecule has 2 aliphatic carbocycles. The van der Waals surface area contributed by atoms with Crippen LogP contribution in [0.25, 0.3) is 11.1 Å². The second-order valence-corrected chi connectivity index (χ2v) is 9.77. The summed E-state index contributed by atoms with van der Waals surface area (Å²) in [6.45, 7) is 2.81. The third-order valence-electron chi connectivity index (χ3n) is 7.12. The maximum absolute atomic E-state index is 12.6. The van der Waals surface area contributed by atoms with E-state index in [9.17, 15) is 14.4 Å². The molecule has 0 aliphatic heterocycles. The lowest BCUT2D eigenvalue weighted by Crippen LogP contribution is -2.42. The fraction of sp³-hybridized carbons (Fsp3) is 0.464. The largest absolute Gasteiger partial charge is 0.481 e. The van der Waals surface area contributed by atoms with E-state index >= 15 is 0 Å². The highest BCUT2D eigenvalue weighted by Gasteiger charge is 2.31. The Morgan fingerprint density at radius 2 is 1.63 bits per heavy atom. The van der Waals surface area contributed by atoms with Gasteiger partial charge >= 0.3 is 12.1 Å². The minimum atomic E-state index is -0.765. The maximum Gasteiger partial charge on any atom is 0.407 e. The quantitative estimate of drug-likeness (QED) is 0.434. The molecule has 0 heterocycles. The van der Waals surface area contributed by atoms with Crippen LogP contribution in [-0.4, -0.2) is 42.3 Å². The van der Waals surface area contributed by atoms with Gasteiger partial charge in [0.25, 0.3) is 0 Å². The standard InChI is InChI=1S/C28H34N2O5/c1-2-7-20(15-26(31)29-16-19-12-18(13-19)14-27(32)33)30-28(34)35-17-25-23-10-5-3-8-21(23)22-9-4-6-11-24(22)25/h3-6,8-11,18-20,25H,2,7,12-17H2,1H3,(H,29,31)(H,30,34)(H,32,33)/t18?,19?,20-/m1/s1. The van der Waals surface area contributed by atoms with E-state index in [0.717, 1.165) is 30.4 Å². The first-order chi connectivity index (χ1) is 16.9. The Hall–Kier alpha value is -3.35. The van der Waals surface area contributed by atoms with Crippen LogP contribution in [0, 0.1) is 11.8 Å². The van der Waals surface area contributed by atoms with Crippen molar-refractivity contribution in [2.24, 2.45) is 11.8 Å². The van der Waals surface area contributed by atoms with Gasteiger partial charge < -0.3 is 20.5 Å². The van der Waals surface area contributed by atoms with Crippen molar-refractivity contribution in [3.8, 4) is 11.1 Å².